The lowest BCUT2D eigenvalue weighted by Crippen LogP contribution is -2.48. The SMILES string of the molecule is CC1CCN1CC1(CO)CC1. The fourth-order valence-corrected chi connectivity index (χ4v) is 1.78. The lowest BCUT2D eigenvalue weighted by atomic mass is 10.00. The number of likely N-dealkylation sites (tertiary alicyclic amines) is 1. The van der Waals surface area contributed by atoms with E-state index in [-0.39, 0.29) is 0 Å². The molecule has 0 aromatic heterocycles. The fraction of sp³-hybridized carbons (Fsp3) is 1.00. The molecule has 0 aromatic rings. The number of hydrogen-bond donors (Lipinski definition) is 1. The largest absolute Gasteiger partial charge is 0.396 e. The van der Waals surface area contributed by atoms with E-state index in [2.05, 4.69) is 11.8 Å². The predicted octanol–water partition coefficient (Wildman–Crippen LogP) is 0.853. The van der Waals surface area contributed by atoms with Crippen LogP contribution in [0.3, 0.4) is 0 Å². The van der Waals surface area contributed by atoms with E-state index in [1.165, 1.54) is 25.8 Å². The predicted molar refractivity (Wildman–Crippen MR) is 44.4 cm³/mol. The summed E-state index contributed by atoms with van der Waals surface area (Å²) in [6.45, 7) is 5.07. The Labute approximate surface area is 68.2 Å². The molecule has 1 unspecified atom stereocenters. The Morgan fingerprint density at radius 1 is 1.55 bits per heavy atom. The van der Waals surface area contributed by atoms with Crippen molar-refractivity contribution in [2.24, 2.45) is 5.41 Å². The summed E-state index contributed by atoms with van der Waals surface area (Å²) >= 11 is 0. The molecule has 1 aliphatic heterocycles. The van der Waals surface area contributed by atoms with Gasteiger partial charge in [-0.25, -0.2) is 0 Å². The topological polar surface area (TPSA) is 23.5 Å². The van der Waals surface area contributed by atoms with Crippen molar-refractivity contribution in [3.05, 3.63) is 0 Å². The summed E-state index contributed by atoms with van der Waals surface area (Å²) in [4.78, 5) is 2.49. The molecule has 2 nitrogen and oxygen atoms in total. The molecule has 2 heteroatoms. The maximum Gasteiger partial charge on any atom is 0.0499 e. The van der Waals surface area contributed by atoms with Gasteiger partial charge in [0.15, 0.2) is 0 Å². The Kier molecular flexibility index (Phi) is 1.69. The number of nitrogens with zero attached hydrogens (tertiary/aromatic N) is 1. The van der Waals surface area contributed by atoms with Crippen molar-refractivity contribution in [1.82, 2.24) is 4.90 Å². The van der Waals surface area contributed by atoms with Crippen LogP contribution in [0.25, 0.3) is 0 Å². The maximum atomic E-state index is 9.08. The number of aliphatic hydroxyl groups is 1. The minimum Gasteiger partial charge on any atom is -0.396 e. The molecule has 0 aromatic carbocycles. The minimum absolute atomic E-state index is 0.328. The van der Waals surface area contributed by atoms with Gasteiger partial charge < -0.3 is 5.11 Å². The van der Waals surface area contributed by atoms with Crippen molar-refractivity contribution in [2.45, 2.75) is 32.2 Å². The van der Waals surface area contributed by atoms with E-state index in [4.69, 9.17) is 5.11 Å². The summed E-state index contributed by atoms with van der Waals surface area (Å²) in [7, 11) is 0. The molecule has 2 rings (SSSR count). The van der Waals surface area contributed by atoms with Gasteiger partial charge in [-0.3, -0.25) is 4.90 Å². The molecule has 1 saturated heterocycles. The van der Waals surface area contributed by atoms with E-state index >= 15 is 0 Å². The van der Waals surface area contributed by atoms with Crippen molar-refractivity contribution in [3.8, 4) is 0 Å². The summed E-state index contributed by atoms with van der Waals surface area (Å²) in [5.74, 6) is 0. The van der Waals surface area contributed by atoms with Crippen LogP contribution in [0.2, 0.25) is 0 Å². The van der Waals surface area contributed by atoms with Crippen molar-refractivity contribution in [1.29, 1.82) is 0 Å². The molecule has 2 fully saturated rings. The molecule has 1 saturated carbocycles. The van der Waals surface area contributed by atoms with Crippen LogP contribution in [-0.4, -0.2) is 35.7 Å². The lowest BCUT2D eigenvalue weighted by molar-refractivity contribution is 0.0582. The maximum absolute atomic E-state index is 9.08. The first-order chi connectivity index (χ1) is 5.26. The van der Waals surface area contributed by atoms with Gasteiger partial charge in [-0.1, -0.05) is 0 Å². The summed E-state index contributed by atoms with van der Waals surface area (Å²) < 4.78 is 0. The average molecular weight is 155 g/mol. The van der Waals surface area contributed by atoms with Gasteiger partial charge in [-0.05, 0) is 32.7 Å². The van der Waals surface area contributed by atoms with Gasteiger partial charge in [0.05, 0.1) is 0 Å². The standard InChI is InChI=1S/C9H17NO/c1-8-2-5-10(8)6-9(7-11)3-4-9/h8,11H,2-7H2,1H3. The van der Waals surface area contributed by atoms with Crippen LogP contribution in [0.1, 0.15) is 26.2 Å². The molecule has 1 N–H and O–H groups in total. The van der Waals surface area contributed by atoms with E-state index in [0.717, 1.165) is 12.6 Å². The lowest BCUT2D eigenvalue weighted by Gasteiger charge is -2.40. The number of rotatable bonds is 3. The molecule has 11 heavy (non-hydrogen) atoms. The highest BCUT2D eigenvalue weighted by atomic mass is 16.3. The number of aliphatic hydroxyl groups excluding tert-OH is 1. The zero-order chi connectivity index (χ0) is 7.90. The zero-order valence-electron chi connectivity index (χ0n) is 7.21. The van der Waals surface area contributed by atoms with Crippen LogP contribution >= 0.6 is 0 Å². The molecule has 0 bridgehead atoms. The molecule has 0 amide bonds. The summed E-state index contributed by atoms with van der Waals surface area (Å²) in [5.41, 5.74) is 0.328. The highest BCUT2D eigenvalue weighted by Crippen LogP contribution is 2.46. The van der Waals surface area contributed by atoms with Crippen LogP contribution in [0, 0.1) is 5.41 Å². The first-order valence-corrected chi connectivity index (χ1v) is 4.61. The molecule has 1 aliphatic carbocycles. The van der Waals surface area contributed by atoms with E-state index in [0.29, 0.717) is 12.0 Å². The van der Waals surface area contributed by atoms with Gasteiger partial charge in [-0.2, -0.15) is 0 Å². The molecule has 0 spiro atoms. The monoisotopic (exact) mass is 155 g/mol. The third-order valence-corrected chi connectivity index (χ3v) is 3.29. The minimum atomic E-state index is 0.328. The van der Waals surface area contributed by atoms with Crippen molar-refractivity contribution in [3.63, 3.8) is 0 Å². The Morgan fingerprint density at radius 2 is 2.27 bits per heavy atom. The first-order valence-electron chi connectivity index (χ1n) is 4.61. The van der Waals surface area contributed by atoms with Crippen LogP contribution in [-0.2, 0) is 0 Å². The van der Waals surface area contributed by atoms with E-state index in [1.807, 2.05) is 0 Å². The highest BCUT2D eigenvalue weighted by Gasteiger charge is 2.45. The molecule has 0 radical (unpaired) electrons. The van der Waals surface area contributed by atoms with Crippen LogP contribution in [0.15, 0.2) is 0 Å². The van der Waals surface area contributed by atoms with Gasteiger partial charge in [0.1, 0.15) is 0 Å². The van der Waals surface area contributed by atoms with Crippen LogP contribution in [0.5, 0.6) is 0 Å². The molecular weight excluding hydrogens is 138 g/mol. The van der Waals surface area contributed by atoms with Crippen molar-refractivity contribution in [2.75, 3.05) is 19.7 Å². The summed E-state index contributed by atoms with van der Waals surface area (Å²) in [6.07, 6.45) is 3.83. The fourth-order valence-electron chi connectivity index (χ4n) is 1.78. The van der Waals surface area contributed by atoms with Gasteiger partial charge in [0.2, 0.25) is 0 Å². The van der Waals surface area contributed by atoms with E-state index in [1.54, 1.807) is 0 Å². The Hall–Kier alpha value is -0.0800. The summed E-state index contributed by atoms with van der Waals surface area (Å²) in [6, 6.07) is 0.777. The van der Waals surface area contributed by atoms with E-state index in [9.17, 15) is 0 Å². The van der Waals surface area contributed by atoms with Gasteiger partial charge in [-0.15, -0.1) is 0 Å². The second-order valence-electron chi connectivity index (χ2n) is 4.27. The number of hydrogen-bond acceptors (Lipinski definition) is 2. The quantitative estimate of drug-likeness (QED) is 0.653. The average Bonchev–Trinajstić information content (AvgIpc) is 2.79. The zero-order valence-corrected chi connectivity index (χ0v) is 7.21. The molecule has 1 atom stereocenters. The highest BCUT2D eigenvalue weighted by molar-refractivity contribution is 4.97. The second kappa shape index (κ2) is 2.46. The van der Waals surface area contributed by atoms with Gasteiger partial charge in [0, 0.05) is 24.6 Å². The molecular formula is C9H17NO. The Bertz CT molecular complexity index is 154. The second-order valence-corrected chi connectivity index (χ2v) is 4.27. The molecule has 1 heterocycles. The van der Waals surface area contributed by atoms with Crippen molar-refractivity contribution >= 4 is 0 Å². The van der Waals surface area contributed by atoms with Crippen LogP contribution < -0.4 is 0 Å². The van der Waals surface area contributed by atoms with Gasteiger partial charge >= 0.3 is 0 Å². The Morgan fingerprint density at radius 3 is 2.55 bits per heavy atom. The van der Waals surface area contributed by atoms with Crippen molar-refractivity contribution < 1.29 is 5.11 Å². The van der Waals surface area contributed by atoms with E-state index < -0.39 is 0 Å². The summed E-state index contributed by atoms with van der Waals surface area (Å²) in [5, 5.41) is 9.08. The first kappa shape index (κ1) is 7.56. The normalized spacial score (nSPS) is 34.9. The van der Waals surface area contributed by atoms with Crippen LogP contribution in [0.4, 0.5) is 0 Å². The molecule has 2 aliphatic rings. The van der Waals surface area contributed by atoms with Gasteiger partial charge in [0.25, 0.3) is 0 Å². The third-order valence-electron chi connectivity index (χ3n) is 3.29. The smallest absolute Gasteiger partial charge is 0.0499 e. The molecule has 64 valence electrons. The third kappa shape index (κ3) is 1.30. The Balaban J connectivity index is 1.81.